The Labute approximate surface area is 137 Å². The van der Waals surface area contributed by atoms with Crippen LogP contribution in [0.2, 0.25) is 0 Å². The Hall–Kier alpha value is -0.420. The number of nitrogens with zero attached hydrogens (tertiary/aromatic N) is 2. The van der Waals surface area contributed by atoms with Crippen LogP contribution in [-0.2, 0) is 0 Å². The van der Waals surface area contributed by atoms with Crippen molar-refractivity contribution < 1.29 is 0 Å². The Kier molecular flexibility index (Phi) is 6.23. The minimum absolute atomic E-state index is 0.349. The summed E-state index contributed by atoms with van der Waals surface area (Å²) >= 11 is 3.64. The summed E-state index contributed by atoms with van der Waals surface area (Å²) in [6.45, 7) is 6.33. The number of benzene rings is 1. The van der Waals surface area contributed by atoms with Crippen LogP contribution in [0.15, 0.2) is 22.7 Å². The van der Waals surface area contributed by atoms with Gasteiger partial charge in [-0.2, -0.15) is 0 Å². The van der Waals surface area contributed by atoms with Gasteiger partial charge in [-0.05, 0) is 70.1 Å². The van der Waals surface area contributed by atoms with Gasteiger partial charge in [-0.1, -0.05) is 28.1 Å². The largest absolute Gasteiger partial charge is 0.329 e. The van der Waals surface area contributed by atoms with Crippen LogP contribution in [0.5, 0.6) is 0 Å². The van der Waals surface area contributed by atoms with Crippen LogP contribution in [0.4, 0.5) is 0 Å². The molecule has 1 heterocycles. The van der Waals surface area contributed by atoms with Crippen molar-refractivity contribution in [2.24, 2.45) is 11.7 Å². The number of halogens is 1. The molecule has 2 rings (SSSR count). The Morgan fingerprint density at radius 3 is 2.52 bits per heavy atom. The van der Waals surface area contributed by atoms with E-state index in [2.05, 4.69) is 64.9 Å². The van der Waals surface area contributed by atoms with Crippen molar-refractivity contribution in [3.63, 3.8) is 0 Å². The number of nitrogens with two attached hydrogens (primary N) is 1. The highest BCUT2D eigenvalue weighted by atomic mass is 79.9. The lowest BCUT2D eigenvalue weighted by Gasteiger charge is -2.38. The van der Waals surface area contributed by atoms with Gasteiger partial charge < -0.3 is 10.6 Å². The molecule has 1 aliphatic heterocycles. The van der Waals surface area contributed by atoms with Gasteiger partial charge in [0.15, 0.2) is 0 Å². The molecular formula is C17H28BrN3. The van der Waals surface area contributed by atoms with Crippen LogP contribution in [0, 0.1) is 12.8 Å². The van der Waals surface area contributed by atoms with E-state index in [-0.39, 0.29) is 0 Å². The zero-order chi connectivity index (χ0) is 15.4. The third-order valence-electron chi connectivity index (χ3n) is 4.52. The number of aryl methyl sites for hydroxylation is 1. The normalized spacial score (nSPS) is 19.1. The predicted octanol–water partition coefficient (Wildman–Crippen LogP) is 3.03. The van der Waals surface area contributed by atoms with Gasteiger partial charge in [0.2, 0.25) is 0 Å². The molecule has 0 aliphatic carbocycles. The third kappa shape index (κ3) is 4.52. The van der Waals surface area contributed by atoms with Gasteiger partial charge in [0.05, 0.1) is 0 Å². The summed E-state index contributed by atoms with van der Waals surface area (Å²) in [6.07, 6.45) is 2.56. The highest BCUT2D eigenvalue weighted by molar-refractivity contribution is 9.10. The number of hydrogen-bond donors (Lipinski definition) is 1. The maximum Gasteiger partial charge on any atom is 0.0470 e. The van der Waals surface area contributed by atoms with E-state index in [0.717, 1.165) is 19.0 Å². The molecule has 0 bridgehead atoms. The summed E-state index contributed by atoms with van der Waals surface area (Å²) in [4.78, 5) is 4.86. The van der Waals surface area contributed by atoms with Gasteiger partial charge in [-0.15, -0.1) is 0 Å². The molecule has 1 fully saturated rings. The fraction of sp³-hybridized carbons (Fsp3) is 0.647. The third-order valence-corrected chi connectivity index (χ3v) is 5.37. The maximum atomic E-state index is 6.07. The molecule has 2 N–H and O–H groups in total. The molecular weight excluding hydrogens is 326 g/mol. The maximum absolute atomic E-state index is 6.07. The molecule has 0 radical (unpaired) electrons. The van der Waals surface area contributed by atoms with Crippen molar-refractivity contribution in [3.05, 3.63) is 33.8 Å². The van der Waals surface area contributed by atoms with E-state index in [0.29, 0.717) is 12.6 Å². The summed E-state index contributed by atoms with van der Waals surface area (Å²) in [7, 11) is 4.33. The van der Waals surface area contributed by atoms with Gasteiger partial charge in [0.1, 0.15) is 0 Å². The second-order valence-electron chi connectivity index (χ2n) is 6.50. The Bertz CT molecular complexity index is 453. The van der Waals surface area contributed by atoms with Crippen molar-refractivity contribution in [3.8, 4) is 0 Å². The first-order chi connectivity index (χ1) is 10.0. The van der Waals surface area contributed by atoms with E-state index in [9.17, 15) is 0 Å². The monoisotopic (exact) mass is 353 g/mol. The minimum atomic E-state index is 0.349. The average molecular weight is 354 g/mol. The molecule has 1 aliphatic rings. The first kappa shape index (κ1) is 16.9. The summed E-state index contributed by atoms with van der Waals surface area (Å²) in [5.74, 6) is 0.833. The van der Waals surface area contributed by atoms with Crippen LogP contribution in [0.25, 0.3) is 0 Å². The highest BCUT2D eigenvalue weighted by Gasteiger charge is 2.25. The molecule has 1 atom stereocenters. The van der Waals surface area contributed by atoms with Gasteiger partial charge in [0, 0.05) is 23.6 Å². The van der Waals surface area contributed by atoms with Crippen LogP contribution in [0.3, 0.4) is 0 Å². The molecule has 0 saturated carbocycles. The summed E-state index contributed by atoms with van der Waals surface area (Å²) in [5.41, 5.74) is 8.69. The first-order valence-corrected chi connectivity index (χ1v) is 8.65. The van der Waals surface area contributed by atoms with Crippen LogP contribution >= 0.6 is 15.9 Å². The molecule has 1 aromatic carbocycles. The van der Waals surface area contributed by atoms with Crippen molar-refractivity contribution >= 4 is 15.9 Å². The zero-order valence-corrected chi connectivity index (χ0v) is 15.1. The number of likely N-dealkylation sites (tertiary alicyclic amines) is 1. The van der Waals surface area contributed by atoms with E-state index in [1.807, 2.05) is 0 Å². The van der Waals surface area contributed by atoms with Crippen LogP contribution in [0.1, 0.15) is 30.0 Å². The SMILES string of the molecule is Cc1ccc(C(CN)N2CCC(CN(C)C)CC2)cc1Br. The summed E-state index contributed by atoms with van der Waals surface area (Å²) in [5, 5.41) is 0. The van der Waals surface area contributed by atoms with Crippen molar-refractivity contribution in [2.45, 2.75) is 25.8 Å². The summed E-state index contributed by atoms with van der Waals surface area (Å²) < 4.78 is 1.18. The van der Waals surface area contributed by atoms with Gasteiger partial charge in [-0.3, -0.25) is 4.90 Å². The van der Waals surface area contributed by atoms with Crippen molar-refractivity contribution in [1.82, 2.24) is 9.80 Å². The standard InChI is InChI=1S/C17H28BrN3/c1-13-4-5-15(10-16(13)18)17(11-19)21-8-6-14(7-9-21)12-20(2)3/h4-5,10,14,17H,6-9,11-12,19H2,1-3H3. The van der Waals surface area contributed by atoms with Crippen molar-refractivity contribution in [2.75, 3.05) is 40.3 Å². The summed E-state index contributed by atoms with van der Waals surface area (Å²) in [6, 6.07) is 6.99. The highest BCUT2D eigenvalue weighted by Crippen LogP contribution is 2.29. The zero-order valence-electron chi connectivity index (χ0n) is 13.5. The van der Waals surface area contributed by atoms with E-state index < -0.39 is 0 Å². The smallest absolute Gasteiger partial charge is 0.0470 e. The van der Waals surface area contributed by atoms with Gasteiger partial charge in [-0.25, -0.2) is 0 Å². The molecule has 3 nitrogen and oxygen atoms in total. The molecule has 4 heteroatoms. The predicted molar refractivity (Wildman–Crippen MR) is 93.5 cm³/mol. The van der Waals surface area contributed by atoms with Crippen molar-refractivity contribution in [1.29, 1.82) is 0 Å². The molecule has 0 aromatic heterocycles. The van der Waals surface area contributed by atoms with Gasteiger partial charge in [0.25, 0.3) is 0 Å². The van der Waals surface area contributed by atoms with E-state index in [1.54, 1.807) is 0 Å². The Balaban J connectivity index is 2.00. The second-order valence-corrected chi connectivity index (χ2v) is 7.36. The quantitative estimate of drug-likeness (QED) is 0.882. The number of piperidine rings is 1. The number of rotatable bonds is 5. The lowest BCUT2D eigenvalue weighted by molar-refractivity contribution is 0.122. The fourth-order valence-corrected chi connectivity index (χ4v) is 3.67. The van der Waals surface area contributed by atoms with Gasteiger partial charge >= 0.3 is 0 Å². The molecule has 1 aromatic rings. The second kappa shape index (κ2) is 7.73. The average Bonchev–Trinajstić information content (AvgIpc) is 2.45. The Morgan fingerprint density at radius 2 is 2.00 bits per heavy atom. The lowest BCUT2D eigenvalue weighted by atomic mass is 9.93. The molecule has 1 saturated heterocycles. The van der Waals surface area contributed by atoms with E-state index in [1.165, 1.54) is 35.0 Å². The first-order valence-electron chi connectivity index (χ1n) is 7.86. The minimum Gasteiger partial charge on any atom is -0.329 e. The van der Waals surface area contributed by atoms with E-state index in [4.69, 9.17) is 5.73 Å². The van der Waals surface area contributed by atoms with Crippen LogP contribution < -0.4 is 5.73 Å². The molecule has 0 spiro atoms. The number of hydrogen-bond acceptors (Lipinski definition) is 3. The molecule has 118 valence electrons. The molecule has 0 amide bonds. The Morgan fingerprint density at radius 1 is 1.33 bits per heavy atom. The molecule has 1 unspecified atom stereocenters. The lowest BCUT2D eigenvalue weighted by Crippen LogP contribution is -2.41. The van der Waals surface area contributed by atoms with Crippen LogP contribution in [-0.4, -0.2) is 50.1 Å². The van der Waals surface area contributed by atoms with E-state index >= 15 is 0 Å². The molecule has 21 heavy (non-hydrogen) atoms. The fourth-order valence-electron chi connectivity index (χ4n) is 3.28. The topological polar surface area (TPSA) is 32.5 Å².